The first kappa shape index (κ1) is 11.8. The Balaban J connectivity index is 2.17. The van der Waals surface area contributed by atoms with Gasteiger partial charge in [0.15, 0.2) is 5.82 Å². The van der Waals surface area contributed by atoms with Crippen molar-refractivity contribution in [1.82, 2.24) is 9.97 Å². The average molecular weight is 268 g/mol. The van der Waals surface area contributed by atoms with Gasteiger partial charge in [0.05, 0.1) is 10.6 Å². The van der Waals surface area contributed by atoms with Gasteiger partial charge in [0, 0.05) is 12.4 Å². The molecule has 2 aromatic rings. The minimum atomic E-state index is -0.338. The van der Waals surface area contributed by atoms with Crippen LogP contribution in [0.15, 0.2) is 36.7 Å². The Labute approximate surface area is 108 Å². The van der Waals surface area contributed by atoms with Crippen molar-refractivity contribution in [1.29, 1.82) is 0 Å². The van der Waals surface area contributed by atoms with E-state index in [1.165, 1.54) is 12.3 Å². The van der Waals surface area contributed by atoms with Crippen molar-refractivity contribution in [2.75, 3.05) is 5.32 Å². The Morgan fingerprint density at radius 1 is 1.18 bits per heavy atom. The third-order valence-electron chi connectivity index (χ3n) is 1.98. The van der Waals surface area contributed by atoms with Crippen LogP contribution in [0.1, 0.15) is 10.4 Å². The van der Waals surface area contributed by atoms with Crippen molar-refractivity contribution in [3.8, 4) is 0 Å². The lowest BCUT2D eigenvalue weighted by Crippen LogP contribution is -2.13. The van der Waals surface area contributed by atoms with E-state index >= 15 is 0 Å². The molecule has 2 rings (SSSR count). The molecule has 4 nitrogen and oxygen atoms in total. The maximum Gasteiger partial charge on any atom is 0.258 e. The van der Waals surface area contributed by atoms with Gasteiger partial charge in [0.2, 0.25) is 0 Å². The zero-order chi connectivity index (χ0) is 12.3. The van der Waals surface area contributed by atoms with Crippen molar-refractivity contribution in [3.05, 3.63) is 52.4 Å². The van der Waals surface area contributed by atoms with Crippen molar-refractivity contribution < 1.29 is 4.79 Å². The molecule has 0 aliphatic carbocycles. The first-order valence-corrected chi connectivity index (χ1v) is 5.46. The van der Waals surface area contributed by atoms with Crippen molar-refractivity contribution in [2.24, 2.45) is 0 Å². The summed E-state index contributed by atoms with van der Waals surface area (Å²) in [6, 6.07) is 6.43. The number of hydrogen-bond donors (Lipinski definition) is 1. The van der Waals surface area contributed by atoms with E-state index in [0.29, 0.717) is 21.6 Å². The molecule has 1 amide bonds. The van der Waals surface area contributed by atoms with Gasteiger partial charge in [-0.2, -0.15) is 0 Å². The number of nitrogens with one attached hydrogen (secondary N) is 1. The van der Waals surface area contributed by atoms with Crippen LogP contribution in [0.4, 0.5) is 5.82 Å². The number of aromatic nitrogens is 2. The highest BCUT2D eigenvalue weighted by atomic mass is 35.5. The fourth-order valence-electron chi connectivity index (χ4n) is 1.17. The molecule has 0 aliphatic rings. The minimum Gasteiger partial charge on any atom is -0.305 e. The predicted octanol–water partition coefficient (Wildman–Crippen LogP) is 3.04. The van der Waals surface area contributed by atoms with Gasteiger partial charge in [-0.15, -0.1) is 0 Å². The molecule has 2 heterocycles. The zero-order valence-electron chi connectivity index (χ0n) is 8.52. The van der Waals surface area contributed by atoms with Crippen molar-refractivity contribution in [3.63, 3.8) is 0 Å². The molecule has 0 saturated heterocycles. The molecule has 0 aromatic carbocycles. The summed E-state index contributed by atoms with van der Waals surface area (Å²) in [5.41, 5.74) is 0.385. The lowest BCUT2D eigenvalue weighted by atomic mass is 10.2. The summed E-state index contributed by atoms with van der Waals surface area (Å²) < 4.78 is 0. The molecule has 0 saturated carbocycles. The van der Waals surface area contributed by atoms with Crippen LogP contribution in [0, 0.1) is 0 Å². The van der Waals surface area contributed by atoms with Crippen LogP contribution in [-0.2, 0) is 0 Å². The zero-order valence-corrected chi connectivity index (χ0v) is 10.0. The molecular weight excluding hydrogens is 261 g/mol. The second kappa shape index (κ2) is 5.12. The molecule has 17 heavy (non-hydrogen) atoms. The summed E-state index contributed by atoms with van der Waals surface area (Å²) in [7, 11) is 0. The molecule has 86 valence electrons. The molecule has 0 fully saturated rings. The van der Waals surface area contributed by atoms with Crippen LogP contribution in [0.25, 0.3) is 0 Å². The molecule has 0 spiro atoms. The van der Waals surface area contributed by atoms with E-state index in [9.17, 15) is 4.79 Å². The quantitative estimate of drug-likeness (QED) is 0.851. The van der Waals surface area contributed by atoms with Gasteiger partial charge < -0.3 is 5.32 Å². The van der Waals surface area contributed by atoms with Gasteiger partial charge in [-0.1, -0.05) is 23.2 Å². The highest BCUT2D eigenvalue weighted by molar-refractivity contribution is 6.33. The molecule has 0 aliphatic heterocycles. The third-order valence-corrected chi connectivity index (χ3v) is 2.51. The maximum atomic E-state index is 11.8. The highest BCUT2D eigenvalue weighted by Gasteiger charge is 2.09. The number of halogens is 2. The topological polar surface area (TPSA) is 54.9 Å². The Hall–Kier alpha value is -1.65. The Kier molecular flexibility index (Phi) is 3.56. The van der Waals surface area contributed by atoms with Gasteiger partial charge in [0.1, 0.15) is 5.15 Å². The molecule has 6 heteroatoms. The minimum absolute atomic E-state index is 0.314. The van der Waals surface area contributed by atoms with E-state index in [-0.39, 0.29) is 5.91 Å². The van der Waals surface area contributed by atoms with Gasteiger partial charge in [-0.25, -0.2) is 9.97 Å². The van der Waals surface area contributed by atoms with Crippen molar-refractivity contribution >= 4 is 34.9 Å². The van der Waals surface area contributed by atoms with E-state index < -0.39 is 0 Å². The van der Waals surface area contributed by atoms with Crippen LogP contribution >= 0.6 is 23.2 Å². The van der Waals surface area contributed by atoms with Crippen LogP contribution < -0.4 is 5.32 Å². The number of anilines is 1. The van der Waals surface area contributed by atoms with E-state index in [1.54, 1.807) is 24.4 Å². The van der Waals surface area contributed by atoms with Gasteiger partial charge >= 0.3 is 0 Å². The number of rotatable bonds is 2. The smallest absolute Gasteiger partial charge is 0.258 e. The summed E-state index contributed by atoms with van der Waals surface area (Å²) in [6.45, 7) is 0. The van der Waals surface area contributed by atoms with Gasteiger partial charge in [-0.05, 0) is 24.3 Å². The highest BCUT2D eigenvalue weighted by Crippen LogP contribution is 2.18. The normalized spacial score (nSPS) is 10.0. The fourth-order valence-corrected chi connectivity index (χ4v) is 1.45. The SMILES string of the molecule is O=C(Nc1ncccc1Cl)c1ccc(Cl)nc1. The van der Waals surface area contributed by atoms with E-state index in [1.807, 2.05) is 0 Å². The van der Waals surface area contributed by atoms with E-state index in [2.05, 4.69) is 15.3 Å². The molecule has 2 aromatic heterocycles. The first-order valence-electron chi connectivity index (χ1n) is 4.70. The lowest BCUT2D eigenvalue weighted by Gasteiger charge is -2.05. The largest absolute Gasteiger partial charge is 0.305 e. The second-order valence-electron chi connectivity index (χ2n) is 3.16. The maximum absolute atomic E-state index is 11.8. The van der Waals surface area contributed by atoms with Crippen LogP contribution in [0.2, 0.25) is 10.2 Å². The summed E-state index contributed by atoms with van der Waals surface area (Å²) >= 11 is 11.5. The molecule has 0 radical (unpaired) electrons. The van der Waals surface area contributed by atoms with E-state index in [4.69, 9.17) is 23.2 Å². The van der Waals surface area contributed by atoms with Crippen molar-refractivity contribution in [2.45, 2.75) is 0 Å². The standard InChI is InChI=1S/C11H7Cl2N3O/c12-8-2-1-5-14-10(8)16-11(17)7-3-4-9(13)15-6-7/h1-6H,(H,14,16,17). The molecule has 0 unspecified atom stereocenters. The van der Waals surface area contributed by atoms with Crippen LogP contribution in [0.3, 0.4) is 0 Å². The van der Waals surface area contributed by atoms with Gasteiger partial charge in [0.25, 0.3) is 5.91 Å². The Morgan fingerprint density at radius 2 is 2.00 bits per heavy atom. The summed E-state index contributed by atoms with van der Waals surface area (Å²) in [4.78, 5) is 19.6. The molecule has 0 atom stereocenters. The fraction of sp³-hybridized carbons (Fsp3) is 0. The molecule has 0 bridgehead atoms. The number of carbonyl (C=O) groups is 1. The summed E-state index contributed by atoms with van der Waals surface area (Å²) in [5.74, 6) is -0.0242. The predicted molar refractivity (Wildman–Crippen MR) is 66.4 cm³/mol. The Morgan fingerprint density at radius 3 is 2.65 bits per heavy atom. The number of hydrogen-bond acceptors (Lipinski definition) is 3. The van der Waals surface area contributed by atoms with Crippen LogP contribution in [0.5, 0.6) is 0 Å². The third kappa shape index (κ3) is 2.93. The monoisotopic (exact) mass is 267 g/mol. The number of amides is 1. The second-order valence-corrected chi connectivity index (χ2v) is 3.95. The van der Waals surface area contributed by atoms with Crippen LogP contribution in [-0.4, -0.2) is 15.9 Å². The lowest BCUT2D eigenvalue weighted by molar-refractivity contribution is 0.102. The Bertz CT molecular complexity index is 543. The first-order chi connectivity index (χ1) is 8.16. The number of nitrogens with zero attached hydrogens (tertiary/aromatic N) is 2. The summed E-state index contributed by atoms with van der Waals surface area (Å²) in [5, 5.41) is 3.29. The molecule has 1 N–H and O–H groups in total. The van der Waals surface area contributed by atoms with E-state index in [0.717, 1.165) is 0 Å². The van der Waals surface area contributed by atoms with Gasteiger partial charge in [-0.3, -0.25) is 4.79 Å². The number of pyridine rings is 2. The number of carbonyl (C=O) groups excluding carboxylic acids is 1. The molecular formula is C11H7Cl2N3O. The average Bonchev–Trinajstić information content (AvgIpc) is 2.33. The summed E-state index contributed by atoms with van der Waals surface area (Å²) in [6.07, 6.45) is 2.93.